The van der Waals surface area contributed by atoms with Gasteiger partial charge in [0.05, 0.1) is 31.1 Å². The van der Waals surface area contributed by atoms with Crippen molar-refractivity contribution in [2.24, 2.45) is 0 Å². The highest BCUT2D eigenvalue weighted by Gasteiger charge is 2.28. The molecule has 0 saturated carbocycles. The number of furan rings is 1. The van der Waals surface area contributed by atoms with Crippen molar-refractivity contribution < 1.29 is 9.21 Å². The van der Waals surface area contributed by atoms with Gasteiger partial charge in [0.2, 0.25) is 0 Å². The first kappa shape index (κ1) is 16.5. The molecule has 4 heterocycles. The van der Waals surface area contributed by atoms with Crippen LogP contribution in [0.4, 0.5) is 0 Å². The van der Waals surface area contributed by atoms with Crippen LogP contribution in [0.1, 0.15) is 40.7 Å². The number of nitrogens with one attached hydrogen (secondary N) is 1. The van der Waals surface area contributed by atoms with E-state index in [9.17, 15) is 4.79 Å². The van der Waals surface area contributed by atoms with Crippen LogP contribution in [0.2, 0.25) is 0 Å². The lowest BCUT2D eigenvalue weighted by molar-refractivity contribution is 0.0945. The molecule has 1 aliphatic rings. The highest BCUT2D eigenvalue weighted by Crippen LogP contribution is 2.26. The Hall–Kier alpha value is -2.93. The Bertz CT molecular complexity index is 873. The van der Waals surface area contributed by atoms with Crippen molar-refractivity contribution in [2.45, 2.75) is 32.6 Å². The number of hydrogen-bond acceptors (Lipinski definition) is 5. The fourth-order valence-electron chi connectivity index (χ4n) is 3.23. The van der Waals surface area contributed by atoms with Crippen LogP contribution in [-0.2, 0) is 19.6 Å². The zero-order chi connectivity index (χ0) is 17.9. The van der Waals surface area contributed by atoms with Gasteiger partial charge in [-0.15, -0.1) is 0 Å². The third-order valence-corrected chi connectivity index (χ3v) is 4.68. The number of imidazole rings is 1. The Kier molecular flexibility index (Phi) is 4.53. The van der Waals surface area contributed by atoms with Crippen molar-refractivity contribution in [1.82, 2.24) is 24.8 Å². The van der Waals surface area contributed by atoms with Gasteiger partial charge in [0.15, 0.2) is 0 Å². The lowest BCUT2D eigenvalue weighted by Crippen LogP contribution is -2.36. The van der Waals surface area contributed by atoms with Crippen molar-refractivity contribution in [3.8, 4) is 0 Å². The van der Waals surface area contributed by atoms with E-state index >= 15 is 0 Å². The molecule has 7 nitrogen and oxygen atoms in total. The largest absolute Gasteiger partial charge is 0.468 e. The molecule has 1 N–H and O–H groups in total. The molecule has 0 bridgehead atoms. The molecule has 1 aliphatic heterocycles. The summed E-state index contributed by atoms with van der Waals surface area (Å²) in [4.78, 5) is 23.5. The van der Waals surface area contributed by atoms with Crippen molar-refractivity contribution in [3.05, 3.63) is 72.0 Å². The summed E-state index contributed by atoms with van der Waals surface area (Å²) in [5, 5.41) is 2.88. The monoisotopic (exact) mass is 351 g/mol. The Morgan fingerprint density at radius 2 is 2.23 bits per heavy atom. The molecule has 7 heteroatoms. The van der Waals surface area contributed by atoms with Gasteiger partial charge in [-0.2, -0.15) is 0 Å². The van der Waals surface area contributed by atoms with Crippen molar-refractivity contribution in [3.63, 3.8) is 0 Å². The second kappa shape index (κ2) is 7.13. The van der Waals surface area contributed by atoms with Crippen molar-refractivity contribution in [2.75, 3.05) is 6.54 Å². The molecule has 26 heavy (non-hydrogen) atoms. The van der Waals surface area contributed by atoms with Crippen molar-refractivity contribution in [1.29, 1.82) is 0 Å². The summed E-state index contributed by atoms with van der Waals surface area (Å²) in [5.41, 5.74) is 1.27. The molecule has 0 aromatic carbocycles. The summed E-state index contributed by atoms with van der Waals surface area (Å²) in [7, 11) is 0. The third-order valence-electron chi connectivity index (χ3n) is 4.68. The molecule has 0 saturated heterocycles. The van der Waals surface area contributed by atoms with E-state index in [0.29, 0.717) is 12.2 Å². The molecule has 0 unspecified atom stereocenters. The fraction of sp³-hybridized carbons (Fsp3) is 0.316. The number of carbonyl (C=O) groups excluding carboxylic acids is 1. The predicted molar refractivity (Wildman–Crippen MR) is 95.2 cm³/mol. The quantitative estimate of drug-likeness (QED) is 0.764. The summed E-state index contributed by atoms with van der Waals surface area (Å²) in [6.07, 6.45) is 5.24. The molecule has 134 valence electrons. The molecule has 3 aromatic heterocycles. The van der Waals surface area contributed by atoms with Crippen LogP contribution in [0.25, 0.3) is 0 Å². The Morgan fingerprint density at radius 3 is 3.00 bits per heavy atom. The Labute approximate surface area is 151 Å². The highest BCUT2D eigenvalue weighted by atomic mass is 16.3. The summed E-state index contributed by atoms with van der Waals surface area (Å²) >= 11 is 0. The number of fused-ring (bicyclic) bond motifs is 1. The second-order valence-corrected chi connectivity index (χ2v) is 6.41. The Morgan fingerprint density at radius 1 is 1.31 bits per heavy atom. The van der Waals surface area contributed by atoms with E-state index in [2.05, 4.69) is 31.7 Å². The van der Waals surface area contributed by atoms with Gasteiger partial charge in [0.25, 0.3) is 5.91 Å². The lowest BCUT2D eigenvalue weighted by Gasteiger charge is -2.32. The maximum atomic E-state index is 12.4. The molecule has 0 spiro atoms. The molecule has 3 aromatic rings. The van der Waals surface area contributed by atoms with Crippen LogP contribution < -0.4 is 5.32 Å². The van der Waals surface area contributed by atoms with Crippen LogP contribution in [0, 0.1) is 0 Å². The molecule has 1 atom stereocenters. The van der Waals surface area contributed by atoms with Gasteiger partial charge in [0, 0.05) is 25.5 Å². The van der Waals surface area contributed by atoms with Crippen LogP contribution in [-0.4, -0.2) is 31.9 Å². The van der Waals surface area contributed by atoms with E-state index in [1.807, 2.05) is 36.5 Å². The molecule has 0 aliphatic carbocycles. The van der Waals surface area contributed by atoms with E-state index in [4.69, 9.17) is 4.42 Å². The van der Waals surface area contributed by atoms with Crippen molar-refractivity contribution >= 4 is 5.91 Å². The average molecular weight is 351 g/mol. The number of pyridine rings is 1. The summed E-state index contributed by atoms with van der Waals surface area (Å²) < 4.78 is 7.52. The number of hydrogen-bond donors (Lipinski definition) is 1. The zero-order valence-corrected chi connectivity index (χ0v) is 14.6. The van der Waals surface area contributed by atoms with E-state index in [0.717, 1.165) is 36.9 Å². The van der Waals surface area contributed by atoms with Gasteiger partial charge < -0.3 is 14.3 Å². The van der Waals surface area contributed by atoms with E-state index in [1.165, 1.54) is 0 Å². The van der Waals surface area contributed by atoms with Gasteiger partial charge in [-0.3, -0.25) is 14.7 Å². The fourth-order valence-corrected chi connectivity index (χ4v) is 3.23. The Balaban J connectivity index is 1.43. The summed E-state index contributed by atoms with van der Waals surface area (Å²) in [6.45, 7) is 4.93. The SMILES string of the molecule is C[C@@H]1c2nc(C(=O)NCc3ccccn3)cn2CCN1Cc1ccco1. The molecular formula is C19H21N5O2. The highest BCUT2D eigenvalue weighted by molar-refractivity contribution is 5.92. The maximum absolute atomic E-state index is 12.4. The molecule has 1 amide bonds. The lowest BCUT2D eigenvalue weighted by atomic mass is 10.2. The van der Waals surface area contributed by atoms with E-state index in [1.54, 1.807) is 12.5 Å². The minimum atomic E-state index is -0.178. The van der Waals surface area contributed by atoms with Gasteiger partial charge in [-0.1, -0.05) is 6.07 Å². The first-order chi connectivity index (χ1) is 12.7. The smallest absolute Gasteiger partial charge is 0.271 e. The standard InChI is InChI=1S/C19H21N5O2/c1-14-18-22-17(19(25)21-11-15-5-2-3-7-20-15)13-24(18)9-8-23(14)12-16-6-4-10-26-16/h2-7,10,13-14H,8-9,11-12H2,1H3,(H,21,25)/t14-/m1/s1. The number of rotatable bonds is 5. The minimum Gasteiger partial charge on any atom is -0.468 e. The minimum absolute atomic E-state index is 0.117. The molecule has 4 rings (SSSR count). The van der Waals surface area contributed by atoms with E-state index in [-0.39, 0.29) is 11.9 Å². The third kappa shape index (κ3) is 3.39. The van der Waals surface area contributed by atoms with Gasteiger partial charge in [-0.05, 0) is 31.2 Å². The topological polar surface area (TPSA) is 76.2 Å². The summed E-state index contributed by atoms with van der Waals surface area (Å²) in [6, 6.07) is 9.63. The van der Waals surface area contributed by atoms with Gasteiger partial charge in [0.1, 0.15) is 17.3 Å². The predicted octanol–water partition coefficient (Wildman–Crippen LogP) is 2.38. The number of aromatic nitrogens is 3. The van der Waals surface area contributed by atoms with Crippen LogP contribution in [0.3, 0.4) is 0 Å². The van der Waals surface area contributed by atoms with Gasteiger partial charge in [-0.25, -0.2) is 4.98 Å². The molecule has 0 radical (unpaired) electrons. The number of amides is 1. The summed E-state index contributed by atoms with van der Waals surface area (Å²) in [5.74, 6) is 1.67. The maximum Gasteiger partial charge on any atom is 0.271 e. The second-order valence-electron chi connectivity index (χ2n) is 6.41. The first-order valence-electron chi connectivity index (χ1n) is 8.72. The normalized spacial score (nSPS) is 17.0. The number of nitrogens with zero attached hydrogens (tertiary/aromatic N) is 4. The first-order valence-corrected chi connectivity index (χ1v) is 8.72. The van der Waals surface area contributed by atoms with Crippen LogP contribution in [0.5, 0.6) is 0 Å². The van der Waals surface area contributed by atoms with Gasteiger partial charge >= 0.3 is 0 Å². The van der Waals surface area contributed by atoms with Crippen LogP contribution >= 0.6 is 0 Å². The van der Waals surface area contributed by atoms with Crippen LogP contribution in [0.15, 0.2) is 53.4 Å². The van der Waals surface area contributed by atoms with E-state index < -0.39 is 0 Å². The molecular weight excluding hydrogens is 330 g/mol. The number of carbonyl (C=O) groups is 1. The average Bonchev–Trinajstić information content (AvgIpc) is 3.33. The zero-order valence-electron chi connectivity index (χ0n) is 14.6. The molecule has 0 fully saturated rings.